The number of aromatic nitrogens is 1. The number of halogens is 1. The lowest BCUT2D eigenvalue weighted by atomic mass is 10.1. The summed E-state index contributed by atoms with van der Waals surface area (Å²) in [6, 6.07) is 4.73. The fourth-order valence-corrected chi connectivity index (χ4v) is 3.21. The first-order valence-electron chi connectivity index (χ1n) is 8.24. The van der Waals surface area contributed by atoms with Gasteiger partial charge in [0.15, 0.2) is 0 Å². The van der Waals surface area contributed by atoms with E-state index in [0.717, 1.165) is 36.2 Å². The molecule has 0 amide bonds. The number of nitrogens with zero attached hydrogens (tertiary/aromatic N) is 2. The number of rotatable bonds is 7. The molecule has 0 bridgehead atoms. The molecule has 0 aromatic carbocycles. The monoisotopic (exact) mass is 309 g/mol. The molecule has 1 fully saturated rings. The van der Waals surface area contributed by atoms with E-state index in [2.05, 4.69) is 37.1 Å². The molecule has 0 aliphatic heterocycles. The Bertz CT molecular complexity index is 442. The molecular formula is C17H28ClN3. The quantitative estimate of drug-likeness (QED) is 0.816. The van der Waals surface area contributed by atoms with E-state index in [1.54, 1.807) is 0 Å². The van der Waals surface area contributed by atoms with Crippen LogP contribution in [-0.2, 0) is 6.54 Å². The maximum absolute atomic E-state index is 6.28. The second-order valence-electron chi connectivity index (χ2n) is 6.36. The summed E-state index contributed by atoms with van der Waals surface area (Å²) in [4.78, 5) is 7.34. The summed E-state index contributed by atoms with van der Waals surface area (Å²) >= 11 is 6.28. The first-order valence-corrected chi connectivity index (χ1v) is 8.62. The first-order chi connectivity index (χ1) is 10.1. The third-order valence-electron chi connectivity index (χ3n) is 4.07. The van der Waals surface area contributed by atoms with Gasteiger partial charge in [0.1, 0.15) is 5.82 Å². The normalized spacial score (nSPS) is 15.9. The van der Waals surface area contributed by atoms with Gasteiger partial charge in [-0.3, -0.25) is 0 Å². The van der Waals surface area contributed by atoms with Gasteiger partial charge in [0.25, 0.3) is 0 Å². The van der Waals surface area contributed by atoms with Crippen molar-refractivity contribution in [3.8, 4) is 0 Å². The second kappa shape index (κ2) is 8.00. The van der Waals surface area contributed by atoms with Crippen molar-refractivity contribution in [1.82, 2.24) is 10.3 Å². The van der Waals surface area contributed by atoms with Crippen LogP contribution in [0.5, 0.6) is 0 Å². The molecular weight excluding hydrogens is 282 g/mol. The predicted octanol–water partition coefficient (Wildman–Crippen LogP) is 4.25. The Morgan fingerprint density at radius 3 is 2.67 bits per heavy atom. The van der Waals surface area contributed by atoms with E-state index in [1.165, 1.54) is 25.7 Å². The Balaban J connectivity index is 2.21. The minimum atomic E-state index is 0.639. The number of nitrogens with one attached hydrogen (secondary N) is 1. The van der Waals surface area contributed by atoms with Gasteiger partial charge in [-0.05, 0) is 37.4 Å². The van der Waals surface area contributed by atoms with Gasteiger partial charge in [0.2, 0.25) is 0 Å². The van der Waals surface area contributed by atoms with Gasteiger partial charge in [0, 0.05) is 19.1 Å². The maximum Gasteiger partial charge on any atom is 0.129 e. The lowest BCUT2D eigenvalue weighted by molar-refractivity contribution is 0.530. The largest absolute Gasteiger partial charge is 0.353 e. The molecule has 118 valence electrons. The molecule has 0 saturated heterocycles. The van der Waals surface area contributed by atoms with Crippen LogP contribution in [0.2, 0.25) is 5.02 Å². The van der Waals surface area contributed by atoms with Gasteiger partial charge in [-0.15, -0.1) is 0 Å². The fraction of sp³-hybridized carbons (Fsp3) is 0.706. The summed E-state index contributed by atoms with van der Waals surface area (Å²) in [6.07, 6.45) is 5.27. The van der Waals surface area contributed by atoms with Crippen LogP contribution in [0.3, 0.4) is 0 Å². The Morgan fingerprint density at radius 1 is 1.33 bits per heavy atom. The van der Waals surface area contributed by atoms with E-state index in [4.69, 9.17) is 16.6 Å². The van der Waals surface area contributed by atoms with Gasteiger partial charge >= 0.3 is 0 Å². The molecule has 2 rings (SSSR count). The van der Waals surface area contributed by atoms with Crippen molar-refractivity contribution in [3.05, 3.63) is 22.8 Å². The number of hydrogen-bond donors (Lipinski definition) is 1. The van der Waals surface area contributed by atoms with Crippen molar-refractivity contribution in [2.24, 2.45) is 5.92 Å². The molecule has 1 N–H and O–H groups in total. The van der Waals surface area contributed by atoms with E-state index in [0.29, 0.717) is 12.0 Å². The lowest BCUT2D eigenvalue weighted by Gasteiger charge is -2.32. The van der Waals surface area contributed by atoms with Crippen LogP contribution in [0.25, 0.3) is 0 Å². The summed E-state index contributed by atoms with van der Waals surface area (Å²) in [5.41, 5.74) is 0.961. The van der Waals surface area contributed by atoms with Gasteiger partial charge in [-0.1, -0.05) is 45.2 Å². The standard InChI is InChI=1S/C17H28ClN3/c1-4-19-11-16-15(18)9-10-17(20-16)21(12-13(2)3)14-7-5-6-8-14/h9-10,13-14,19H,4-8,11-12H2,1-3H3. The van der Waals surface area contributed by atoms with Crippen LogP contribution in [0.4, 0.5) is 5.82 Å². The van der Waals surface area contributed by atoms with Gasteiger partial charge in [0.05, 0.1) is 10.7 Å². The Labute approximate surface area is 134 Å². The summed E-state index contributed by atoms with van der Waals surface area (Å²) < 4.78 is 0. The van der Waals surface area contributed by atoms with Crippen molar-refractivity contribution >= 4 is 17.4 Å². The fourth-order valence-electron chi connectivity index (χ4n) is 3.04. The van der Waals surface area contributed by atoms with Crippen molar-refractivity contribution in [3.63, 3.8) is 0 Å². The summed E-state index contributed by atoms with van der Waals surface area (Å²) in [5.74, 6) is 1.73. The zero-order valence-electron chi connectivity index (χ0n) is 13.5. The topological polar surface area (TPSA) is 28.2 Å². The third kappa shape index (κ3) is 4.58. The van der Waals surface area contributed by atoms with Crippen molar-refractivity contribution in [2.45, 2.75) is 59.0 Å². The molecule has 4 heteroatoms. The molecule has 0 spiro atoms. The van der Waals surface area contributed by atoms with Crippen molar-refractivity contribution in [2.75, 3.05) is 18.0 Å². The van der Waals surface area contributed by atoms with E-state index >= 15 is 0 Å². The van der Waals surface area contributed by atoms with Gasteiger partial charge in [-0.2, -0.15) is 0 Å². The molecule has 1 aliphatic carbocycles. The van der Waals surface area contributed by atoms with Crippen LogP contribution >= 0.6 is 11.6 Å². The molecule has 0 atom stereocenters. The second-order valence-corrected chi connectivity index (χ2v) is 6.77. The maximum atomic E-state index is 6.28. The lowest BCUT2D eigenvalue weighted by Crippen LogP contribution is -2.37. The third-order valence-corrected chi connectivity index (χ3v) is 4.41. The van der Waals surface area contributed by atoms with E-state index in [9.17, 15) is 0 Å². The molecule has 1 aromatic heterocycles. The Kier molecular flexibility index (Phi) is 6.31. The zero-order valence-corrected chi connectivity index (χ0v) is 14.3. The Hall–Kier alpha value is -0.800. The first kappa shape index (κ1) is 16.6. The van der Waals surface area contributed by atoms with Crippen LogP contribution in [-0.4, -0.2) is 24.1 Å². The van der Waals surface area contributed by atoms with Gasteiger partial charge < -0.3 is 10.2 Å². The van der Waals surface area contributed by atoms with Crippen molar-refractivity contribution in [1.29, 1.82) is 0 Å². The minimum Gasteiger partial charge on any atom is -0.353 e. The molecule has 3 nitrogen and oxygen atoms in total. The Morgan fingerprint density at radius 2 is 2.05 bits per heavy atom. The highest BCUT2D eigenvalue weighted by molar-refractivity contribution is 6.31. The smallest absolute Gasteiger partial charge is 0.129 e. The highest BCUT2D eigenvalue weighted by Crippen LogP contribution is 2.29. The van der Waals surface area contributed by atoms with Crippen molar-refractivity contribution < 1.29 is 0 Å². The predicted molar refractivity (Wildman–Crippen MR) is 91.1 cm³/mol. The van der Waals surface area contributed by atoms with Crippen LogP contribution < -0.4 is 10.2 Å². The van der Waals surface area contributed by atoms with Crippen LogP contribution in [0.1, 0.15) is 52.1 Å². The van der Waals surface area contributed by atoms with Crippen LogP contribution in [0, 0.1) is 5.92 Å². The molecule has 21 heavy (non-hydrogen) atoms. The number of hydrogen-bond acceptors (Lipinski definition) is 3. The van der Waals surface area contributed by atoms with E-state index in [1.807, 2.05) is 6.07 Å². The van der Waals surface area contributed by atoms with E-state index in [-0.39, 0.29) is 0 Å². The highest BCUT2D eigenvalue weighted by atomic mass is 35.5. The minimum absolute atomic E-state index is 0.639. The summed E-state index contributed by atoms with van der Waals surface area (Å²) in [6.45, 7) is 9.39. The summed E-state index contributed by atoms with van der Waals surface area (Å²) in [7, 11) is 0. The van der Waals surface area contributed by atoms with Gasteiger partial charge in [-0.25, -0.2) is 4.98 Å². The average molecular weight is 310 g/mol. The van der Waals surface area contributed by atoms with E-state index < -0.39 is 0 Å². The zero-order chi connectivity index (χ0) is 15.2. The SMILES string of the molecule is CCNCc1nc(N(CC(C)C)C2CCCC2)ccc1Cl. The molecule has 1 saturated carbocycles. The molecule has 1 aromatic rings. The highest BCUT2D eigenvalue weighted by Gasteiger charge is 2.24. The average Bonchev–Trinajstić information content (AvgIpc) is 2.98. The number of anilines is 1. The molecule has 0 radical (unpaired) electrons. The molecule has 0 unspecified atom stereocenters. The molecule has 1 aliphatic rings. The summed E-state index contributed by atoms with van der Waals surface area (Å²) in [5, 5.41) is 4.08. The van der Waals surface area contributed by atoms with Crippen LogP contribution in [0.15, 0.2) is 12.1 Å². The molecule has 1 heterocycles. The number of pyridine rings is 1.